The van der Waals surface area contributed by atoms with Gasteiger partial charge in [0.25, 0.3) is 0 Å². The third-order valence-electron chi connectivity index (χ3n) is 12.2. The van der Waals surface area contributed by atoms with Gasteiger partial charge in [-0.1, -0.05) is 91.0 Å². The first kappa shape index (κ1) is 35.9. The van der Waals surface area contributed by atoms with E-state index in [0.29, 0.717) is 0 Å². The molecule has 0 bridgehead atoms. The van der Waals surface area contributed by atoms with Crippen LogP contribution in [0, 0.1) is 0 Å². The van der Waals surface area contributed by atoms with Gasteiger partial charge in [-0.3, -0.25) is 0 Å². The summed E-state index contributed by atoms with van der Waals surface area (Å²) in [4.78, 5) is 12.4. The number of aromatic nitrogens is 4. The average Bonchev–Trinajstić information content (AvgIpc) is 4.13. The van der Waals surface area contributed by atoms with Crippen molar-refractivity contribution in [1.29, 1.82) is 0 Å². The minimum absolute atomic E-state index is 1.03. The van der Waals surface area contributed by atoms with Gasteiger partial charge < -0.3 is 14.0 Å². The summed E-state index contributed by atoms with van der Waals surface area (Å²) >= 11 is 3.47. The molecule has 63 heavy (non-hydrogen) atoms. The minimum atomic E-state index is 1.03. The van der Waals surface area contributed by atoms with E-state index in [1.807, 2.05) is 0 Å². The third-order valence-corrected chi connectivity index (χ3v) is 14.4. The third kappa shape index (κ3) is 5.74. The van der Waals surface area contributed by atoms with Gasteiger partial charge in [0.2, 0.25) is 0 Å². The molecule has 7 heteroatoms. The molecule has 0 amide bonds. The molecule has 13 aromatic rings. The summed E-state index contributed by atoms with van der Waals surface area (Å²) in [5, 5.41) is 6.84. The number of anilines is 3. The fourth-order valence-electron chi connectivity index (χ4n) is 9.41. The van der Waals surface area contributed by atoms with E-state index < -0.39 is 0 Å². The fourth-order valence-corrected chi connectivity index (χ4v) is 11.4. The van der Waals surface area contributed by atoms with Gasteiger partial charge in [-0.2, -0.15) is 0 Å². The maximum atomic E-state index is 4.95. The number of rotatable bonds is 7. The zero-order valence-electron chi connectivity index (χ0n) is 33.8. The summed E-state index contributed by atoms with van der Waals surface area (Å²) in [5.41, 5.74) is 14.4. The van der Waals surface area contributed by atoms with Gasteiger partial charge in [0.05, 0.1) is 53.9 Å². The molecule has 0 spiro atoms. The van der Waals surface area contributed by atoms with E-state index in [4.69, 9.17) is 9.97 Å². The Morgan fingerprint density at radius 3 is 1.24 bits per heavy atom. The number of hydrogen-bond donors (Lipinski definition) is 0. The SMILES string of the molecule is c1ccc(N(c2cccc3c2c2ccccc2n3-c2ccc(-c3nc4ccccc4s3)cc2)c2cccc3c2c2ccccc2n3-c2ccc(-c3nc4ccccc4s3)cc2)cc1. The smallest absolute Gasteiger partial charge is 0.124 e. The Balaban J connectivity index is 0.992. The Morgan fingerprint density at radius 2 is 0.762 bits per heavy atom. The molecule has 4 aromatic heterocycles. The van der Waals surface area contributed by atoms with Crippen molar-refractivity contribution >= 4 is 104 Å². The van der Waals surface area contributed by atoms with E-state index in [0.717, 1.165) is 82.7 Å². The first-order valence-corrected chi connectivity index (χ1v) is 22.7. The lowest BCUT2D eigenvalue weighted by atomic mass is 10.1. The Labute approximate surface area is 370 Å². The lowest BCUT2D eigenvalue weighted by molar-refractivity contribution is 1.18. The second kappa shape index (κ2) is 14.4. The lowest BCUT2D eigenvalue weighted by Gasteiger charge is -2.27. The summed E-state index contributed by atoms with van der Waals surface area (Å²) in [6.45, 7) is 0. The van der Waals surface area contributed by atoms with Gasteiger partial charge in [-0.25, -0.2) is 9.97 Å². The molecule has 9 aromatic carbocycles. The van der Waals surface area contributed by atoms with Crippen LogP contribution in [-0.2, 0) is 0 Å². The molecule has 0 radical (unpaired) electrons. The van der Waals surface area contributed by atoms with Crippen molar-refractivity contribution in [2.24, 2.45) is 0 Å². The molecule has 0 saturated heterocycles. The average molecular weight is 842 g/mol. The molecule has 0 saturated carbocycles. The standard InChI is InChI=1S/C56H35N5S2/c1-2-14-38(15-3-1)61(49-24-12-22-47-53(49)41-16-4-8-20-45(41)59(47)39-32-28-36(29-33-39)55-57-43-18-6-10-26-51(43)62-55)50-25-13-23-48-54(50)42-17-5-9-21-46(42)60(48)40-34-30-37(31-35-40)56-58-44-19-7-11-27-52(44)63-56/h1-35H. The van der Waals surface area contributed by atoms with Gasteiger partial charge in [-0.15, -0.1) is 22.7 Å². The predicted molar refractivity (Wildman–Crippen MR) is 267 cm³/mol. The van der Waals surface area contributed by atoms with Gasteiger partial charge >= 0.3 is 0 Å². The topological polar surface area (TPSA) is 38.9 Å². The molecular formula is C56H35N5S2. The molecule has 0 aliphatic heterocycles. The Morgan fingerprint density at radius 1 is 0.349 bits per heavy atom. The van der Waals surface area contributed by atoms with Crippen LogP contribution in [0.5, 0.6) is 0 Å². The van der Waals surface area contributed by atoms with E-state index in [2.05, 4.69) is 226 Å². The maximum Gasteiger partial charge on any atom is 0.124 e. The van der Waals surface area contributed by atoms with Crippen LogP contribution in [0.15, 0.2) is 212 Å². The Kier molecular flexibility index (Phi) is 8.19. The van der Waals surface area contributed by atoms with Gasteiger partial charge in [-0.05, 0) is 121 Å². The number of hydrogen-bond acceptors (Lipinski definition) is 5. The van der Waals surface area contributed by atoms with Crippen molar-refractivity contribution in [3.05, 3.63) is 212 Å². The van der Waals surface area contributed by atoms with Crippen molar-refractivity contribution in [2.45, 2.75) is 0 Å². The molecular weight excluding hydrogens is 807 g/mol. The zero-order valence-corrected chi connectivity index (χ0v) is 35.4. The molecule has 4 heterocycles. The number of fused-ring (bicyclic) bond motifs is 8. The largest absolute Gasteiger partial charge is 0.309 e. The molecule has 0 aliphatic carbocycles. The summed E-state index contributed by atoms with van der Waals surface area (Å²) in [5.74, 6) is 0. The summed E-state index contributed by atoms with van der Waals surface area (Å²) in [7, 11) is 0. The van der Waals surface area contributed by atoms with Gasteiger partial charge in [0, 0.05) is 49.7 Å². The van der Waals surface area contributed by atoms with Crippen LogP contribution < -0.4 is 4.90 Å². The normalized spacial score (nSPS) is 11.8. The fraction of sp³-hybridized carbons (Fsp3) is 0. The van der Waals surface area contributed by atoms with Crippen LogP contribution in [0.2, 0.25) is 0 Å². The second-order valence-electron chi connectivity index (χ2n) is 15.8. The molecule has 0 fully saturated rings. The highest BCUT2D eigenvalue weighted by Crippen LogP contribution is 2.48. The Bertz CT molecular complexity index is 3560. The summed E-state index contributed by atoms with van der Waals surface area (Å²) in [6.07, 6.45) is 0. The first-order valence-electron chi connectivity index (χ1n) is 21.1. The maximum absolute atomic E-state index is 4.95. The highest BCUT2D eigenvalue weighted by atomic mass is 32.1. The lowest BCUT2D eigenvalue weighted by Crippen LogP contribution is -2.11. The van der Waals surface area contributed by atoms with E-state index in [-0.39, 0.29) is 0 Å². The van der Waals surface area contributed by atoms with Crippen LogP contribution in [-0.4, -0.2) is 19.1 Å². The van der Waals surface area contributed by atoms with Crippen molar-refractivity contribution in [2.75, 3.05) is 4.90 Å². The molecule has 13 rings (SSSR count). The quantitative estimate of drug-likeness (QED) is 0.160. The van der Waals surface area contributed by atoms with Crippen molar-refractivity contribution in [3.63, 3.8) is 0 Å². The van der Waals surface area contributed by atoms with Crippen LogP contribution in [0.4, 0.5) is 17.1 Å². The number of nitrogens with zero attached hydrogens (tertiary/aromatic N) is 5. The highest BCUT2D eigenvalue weighted by Gasteiger charge is 2.25. The Hall–Kier alpha value is -7.84. The van der Waals surface area contributed by atoms with Crippen LogP contribution in [0.1, 0.15) is 0 Å². The number of benzene rings is 9. The van der Waals surface area contributed by atoms with E-state index in [1.165, 1.54) is 30.9 Å². The minimum Gasteiger partial charge on any atom is -0.309 e. The van der Waals surface area contributed by atoms with Crippen LogP contribution >= 0.6 is 22.7 Å². The molecule has 0 atom stereocenters. The van der Waals surface area contributed by atoms with Crippen LogP contribution in [0.3, 0.4) is 0 Å². The van der Waals surface area contributed by atoms with Crippen molar-refractivity contribution < 1.29 is 0 Å². The number of thiazole rings is 2. The van der Waals surface area contributed by atoms with Gasteiger partial charge in [0.15, 0.2) is 0 Å². The molecule has 296 valence electrons. The van der Waals surface area contributed by atoms with Crippen molar-refractivity contribution in [1.82, 2.24) is 19.1 Å². The second-order valence-corrected chi connectivity index (χ2v) is 17.8. The van der Waals surface area contributed by atoms with Crippen LogP contribution in [0.25, 0.3) is 96.6 Å². The molecule has 0 unspecified atom stereocenters. The van der Waals surface area contributed by atoms with Gasteiger partial charge in [0.1, 0.15) is 10.0 Å². The summed E-state index contributed by atoms with van der Waals surface area (Å²) in [6, 6.07) is 76.3. The van der Waals surface area contributed by atoms with E-state index >= 15 is 0 Å². The predicted octanol–water partition coefficient (Wildman–Crippen LogP) is 15.9. The summed E-state index contributed by atoms with van der Waals surface area (Å²) < 4.78 is 7.21. The molecule has 5 nitrogen and oxygen atoms in total. The number of para-hydroxylation sites is 5. The van der Waals surface area contributed by atoms with E-state index in [1.54, 1.807) is 22.7 Å². The monoisotopic (exact) mass is 841 g/mol. The van der Waals surface area contributed by atoms with Crippen molar-refractivity contribution in [3.8, 4) is 32.5 Å². The molecule has 0 N–H and O–H groups in total. The highest BCUT2D eigenvalue weighted by molar-refractivity contribution is 7.22. The van der Waals surface area contributed by atoms with E-state index in [9.17, 15) is 0 Å². The molecule has 0 aliphatic rings. The zero-order chi connectivity index (χ0) is 41.4. The first-order chi connectivity index (χ1) is 31.2.